The van der Waals surface area contributed by atoms with Gasteiger partial charge in [-0.25, -0.2) is 9.37 Å². The van der Waals surface area contributed by atoms with Crippen molar-refractivity contribution < 1.29 is 4.39 Å². The second-order valence-electron chi connectivity index (χ2n) is 4.35. The van der Waals surface area contributed by atoms with Gasteiger partial charge in [-0.2, -0.15) is 0 Å². The fourth-order valence-corrected chi connectivity index (χ4v) is 2.87. The van der Waals surface area contributed by atoms with Gasteiger partial charge in [0.15, 0.2) is 0 Å². The van der Waals surface area contributed by atoms with Gasteiger partial charge in [-0.3, -0.25) is 4.57 Å². The first-order valence-electron chi connectivity index (χ1n) is 5.89. The van der Waals surface area contributed by atoms with Crippen LogP contribution < -0.4 is 0 Å². The van der Waals surface area contributed by atoms with Crippen molar-refractivity contribution in [1.29, 1.82) is 0 Å². The predicted molar refractivity (Wildman–Crippen MR) is 88.3 cm³/mol. The Hall–Kier alpha value is -0.810. The molecule has 0 N–H and O–H groups in total. The van der Waals surface area contributed by atoms with Gasteiger partial charge in [0.25, 0.3) is 0 Å². The number of hydrogen-bond acceptors (Lipinski definition) is 1. The van der Waals surface area contributed by atoms with E-state index >= 15 is 0 Å². The molecule has 0 spiro atoms. The fraction of sp³-hybridized carbons (Fsp3) is 0.0714. The van der Waals surface area contributed by atoms with Gasteiger partial charge in [-0.1, -0.05) is 23.2 Å². The zero-order valence-corrected chi connectivity index (χ0v) is 14.2. The van der Waals surface area contributed by atoms with Crippen LogP contribution in [0, 0.1) is 5.82 Å². The lowest BCUT2D eigenvalue weighted by atomic mass is 10.2. The summed E-state index contributed by atoms with van der Waals surface area (Å²) in [6.07, 6.45) is 0. The van der Waals surface area contributed by atoms with Crippen molar-refractivity contribution in [3.05, 3.63) is 56.5 Å². The van der Waals surface area contributed by atoms with E-state index < -0.39 is 0 Å². The fourth-order valence-electron chi connectivity index (χ4n) is 2.12. The topological polar surface area (TPSA) is 17.8 Å². The smallest absolute Gasteiger partial charge is 0.139 e. The summed E-state index contributed by atoms with van der Waals surface area (Å²) in [5.41, 5.74) is 2.00. The maximum atomic E-state index is 13.8. The van der Waals surface area contributed by atoms with Crippen LogP contribution in [-0.2, 0) is 5.88 Å². The molecule has 0 radical (unpaired) electrons. The molecule has 1 aromatic heterocycles. The summed E-state index contributed by atoms with van der Waals surface area (Å²) in [5.74, 6) is 0.406. The van der Waals surface area contributed by atoms with E-state index in [9.17, 15) is 4.39 Å². The molecule has 0 unspecified atom stereocenters. The molecule has 1 heterocycles. The van der Waals surface area contributed by atoms with E-state index in [1.165, 1.54) is 6.07 Å². The Morgan fingerprint density at radius 1 is 1.14 bits per heavy atom. The molecule has 0 bridgehead atoms. The van der Waals surface area contributed by atoms with E-state index in [1.807, 2.05) is 0 Å². The zero-order chi connectivity index (χ0) is 15.1. The number of hydrogen-bond donors (Lipinski definition) is 0. The van der Waals surface area contributed by atoms with Crippen LogP contribution in [0.5, 0.6) is 0 Å². The number of benzene rings is 2. The third-order valence-corrected chi connectivity index (χ3v) is 4.65. The van der Waals surface area contributed by atoms with Crippen molar-refractivity contribution in [3.63, 3.8) is 0 Å². The second-order valence-corrected chi connectivity index (χ2v) is 6.29. The van der Waals surface area contributed by atoms with Gasteiger partial charge in [0.2, 0.25) is 0 Å². The lowest BCUT2D eigenvalue weighted by molar-refractivity contribution is 0.620. The summed E-state index contributed by atoms with van der Waals surface area (Å²) >= 11 is 21.2. The van der Waals surface area contributed by atoms with Crippen molar-refractivity contribution in [1.82, 2.24) is 9.55 Å². The summed E-state index contributed by atoms with van der Waals surface area (Å²) in [4.78, 5) is 4.42. The second kappa shape index (κ2) is 5.76. The first kappa shape index (κ1) is 15.1. The Kier molecular flexibility index (Phi) is 4.14. The highest BCUT2D eigenvalue weighted by Crippen LogP contribution is 2.31. The Bertz CT molecular complexity index is 848. The van der Waals surface area contributed by atoms with Gasteiger partial charge in [-0.15, -0.1) is 11.6 Å². The maximum Gasteiger partial charge on any atom is 0.139 e. The van der Waals surface area contributed by atoms with Crippen LogP contribution in [-0.4, -0.2) is 9.55 Å². The molecule has 3 aromatic rings. The monoisotopic (exact) mass is 406 g/mol. The lowest BCUT2D eigenvalue weighted by Crippen LogP contribution is -2.00. The minimum atomic E-state index is -0.366. The Morgan fingerprint density at radius 2 is 1.86 bits per heavy atom. The lowest BCUT2D eigenvalue weighted by Gasteiger charge is -2.09. The van der Waals surface area contributed by atoms with Gasteiger partial charge in [0.1, 0.15) is 11.6 Å². The number of alkyl halides is 1. The van der Waals surface area contributed by atoms with Crippen LogP contribution in [0.2, 0.25) is 10.0 Å². The average molecular weight is 408 g/mol. The number of fused-ring (bicyclic) bond motifs is 1. The van der Waals surface area contributed by atoms with Gasteiger partial charge in [0, 0.05) is 0 Å². The van der Waals surface area contributed by atoms with Gasteiger partial charge >= 0.3 is 0 Å². The van der Waals surface area contributed by atoms with E-state index in [4.69, 9.17) is 34.8 Å². The van der Waals surface area contributed by atoms with E-state index in [1.54, 1.807) is 28.8 Å². The van der Waals surface area contributed by atoms with Crippen LogP contribution in [0.25, 0.3) is 16.7 Å². The van der Waals surface area contributed by atoms with Crippen molar-refractivity contribution in [2.75, 3.05) is 0 Å². The number of imidazole rings is 1. The van der Waals surface area contributed by atoms with Gasteiger partial charge in [-0.05, 0) is 46.3 Å². The molecule has 0 saturated carbocycles. The van der Waals surface area contributed by atoms with Crippen LogP contribution in [0.3, 0.4) is 0 Å². The van der Waals surface area contributed by atoms with E-state index in [0.29, 0.717) is 31.5 Å². The highest BCUT2D eigenvalue weighted by Gasteiger charge is 2.15. The predicted octanol–water partition coefficient (Wildman–Crippen LogP) is 5.97. The molecule has 0 saturated heterocycles. The van der Waals surface area contributed by atoms with Crippen molar-refractivity contribution >= 4 is 61.8 Å². The normalized spacial score (nSPS) is 11.3. The summed E-state index contributed by atoms with van der Waals surface area (Å²) in [5, 5.41) is 0.820. The molecule has 0 aliphatic carbocycles. The van der Waals surface area contributed by atoms with E-state index in [2.05, 4.69) is 20.9 Å². The molecular formula is C14H7BrCl3FN2. The highest BCUT2D eigenvalue weighted by atomic mass is 79.9. The number of nitrogens with zero attached hydrogens (tertiary/aromatic N) is 2. The number of rotatable bonds is 2. The van der Waals surface area contributed by atoms with Gasteiger partial charge in [0.05, 0.1) is 37.1 Å². The molecule has 108 valence electrons. The number of halogens is 5. The molecule has 0 atom stereocenters. The Labute approximate surface area is 143 Å². The summed E-state index contributed by atoms with van der Waals surface area (Å²) < 4.78 is 15.9. The largest absolute Gasteiger partial charge is 0.295 e. The van der Waals surface area contributed by atoms with Crippen LogP contribution in [0.1, 0.15) is 5.82 Å². The quantitative estimate of drug-likeness (QED) is 0.478. The maximum absolute atomic E-state index is 13.8. The minimum Gasteiger partial charge on any atom is -0.295 e. The van der Waals surface area contributed by atoms with Crippen molar-refractivity contribution in [2.45, 2.75) is 5.88 Å². The molecule has 21 heavy (non-hydrogen) atoms. The molecule has 3 rings (SSSR count). The van der Waals surface area contributed by atoms with Crippen molar-refractivity contribution in [3.8, 4) is 5.69 Å². The first-order valence-corrected chi connectivity index (χ1v) is 7.97. The molecule has 2 aromatic carbocycles. The third kappa shape index (κ3) is 2.66. The average Bonchev–Trinajstić information content (AvgIpc) is 2.80. The molecule has 2 nitrogen and oxygen atoms in total. The Balaban J connectivity index is 2.34. The van der Waals surface area contributed by atoms with Crippen molar-refractivity contribution in [2.24, 2.45) is 0 Å². The number of aromatic nitrogens is 2. The standard InChI is InChI=1S/C14H7BrCl3FN2/c15-8-2-1-7(3-11(8)19)21-13-5-10(18)9(17)4-12(13)20-14(21)6-16/h1-5H,6H2. The van der Waals surface area contributed by atoms with Crippen LogP contribution in [0.4, 0.5) is 4.39 Å². The van der Waals surface area contributed by atoms with Crippen LogP contribution >= 0.6 is 50.7 Å². The van der Waals surface area contributed by atoms with E-state index in [-0.39, 0.29) is 11.7 Å². The molecule has 7 heteroatoms. The minimum absolute atomic E-state index is 0.182. The molecule has 0 aliphatic rings. The molecule has 0 fully saturated rings. The summed E-state index contributed by atoms with van der Waals surface area (Å²) in [6, 6.07) is 8.17. The molecule has 0 aliphatic heterocycles. The summed E-state index contributed by atoms with van der Waals surface area (Å²) in [6.45, 7) is 0. The third-order valence-electron chi connectivity index (χ3n) is 3.05. The zero-order valence-electron chi connectivity index (χ0n) is 10.4. The molecule has 0 amide bonds. The highest BCUT2D eigenvalue weighted by molar-refractivity contribution is 9.10. The van der Waals surface area contributed by atoms with Crippen LogP contribution in [0.15, 0.2) is 34.8 Å². The SMILES string of the molecule is Fc1cc(-n2c(CCl)nc3cc(Cl)c(Cl)cc32)ccc1Br. The summed E-state index contributed by atoms with van der Waals surface area (Å²) in [7, 11) is 0. The van der Waals surface area contributed by atoms with E-state index in [0.717, 1.165) is 5.52 Å². The first-order chi connectivity index (χ1) is 10.0. The van der Waals surface area contributed by atoms with Gasteiger partial charge < -0.3 is 0 Å². The molecular weight excluding hydrogens is 401 g/mol. The Morgan fingerprint density at radius 3 is 2.52 bits per heavy atom.